The summed E-state index contributed by atoms with van der Waals surface area (Å²) in [5, 5.41) is 4.16. The van der Waals surface area contributed by atoms with Crippen LogP contribution in [0.2, 0.25) is 10.0 Å². The van der Waals surface area contributed by atoms with Crippen molar-refractivity contribution in [3.8, 4) is 0 Å². The van der Waals surface area contributed by atoms with Crippen LogP contribution >= 0.6 is 35.0 Å². The molecule has 0 aliphatic rings. The number of carbonyl (C=O) groups is 1. The number of carbonyl (C=O) groups excluding carboxylic acids is 1. The van der Waals surface area contributed by atoms with Crippen molar-refractivity contribution in [3.63, 3.8) is 0 Å². The van der Waals surface area contributed by atoms with Crippen molar-refractivity contribution in [1.29, 1.82) is 0 Å². The van der Waals surface area contributed by atoms with E-state index in [4.69, 9.17) is 27.9 Å². The molecule has 170 valence electrons. The molecule has 6 nitrogen and oxygen atoms in total. The van der Waals surface area contributed by atoms with Gasteiger partial charge in [0.05, 0.1) is 33.0 Å². The Morgan fingerprint density at radius 2 is 1.94 bits per heavy atom. The third-order valence-corrected chi connectivity index (χ3v) is 6.30. The number of anilines is 1. The number of thioether (sulfide) groups is 1. The first-order valence-electron chi connectivity index (χ1n) is 10.3. The quantitative estimate of drug-likeness (QED) is 0.237. The maximum Gasteiger partial charge on any atom is 0.262 e. The summed E-state index contributed by atoms with van der Waals surface area (Å²) in [6.45, 7) is 6.67. The average molecular weight is 494 g/mol. The van der Waals surface area contributed by atoms with Gasteiger partial charge in [0.2, 0.25) is 5.91 Å². The molecule has 0 fully saturated rings. The van der Waals surface area contributed by atoms with Crippen molar-refractivity contribution in [2.75, 3.05) is 11.9 Å². The van der Waals surface area contributed by atoms with Gasteiger partial charge in [-0.3, -0.25) is 14.2 Å². The molecule has 1 aromatic heterocycles. The lowest BCUT2D eigenvalue weighted by Crippen LogP contribution is -2.27. The lowest BCUT2D eigenvalue weighted by atomic mass is 10.2. The summed E-state index contributed by atoms with van der Waals surface area (Å²) in [7, 11) is 0. The third kappa shape index (κ3) is 6.25. The van der Waals surface area contributed by atoms with Gasteiger partial charge < -0.3 is 10.1 Å². The van der Waals surface area contributed by atoms with E-state index in [9.17, 15) is 9.59 Å². The summed E-state index contributed by atoms with van der Waals surface area (Å²) in [5.41, 5.74) is 0.902. The number of ether oxygens (including phenoxy) is 1. The monoisotopic (exact) mass is 493 g/mol. The van der Waals surface area contributed by atoms with E-state index < -0.39 is 5.25 Å². The highest BCUT2D eigenvalue weighted by Crippen LogP contribution is 2.28. The SMILES string of the molecule is CC(C)OCCCn1c(S[C@@H](C)C(=O)Nc2cc(Cl)ccc2Cl)nc2ccccc2c1=O. The van der Waals surface area contributed by atoms with Gasteiger partial charge in [-0.15, -0.1) is 0 Å². The Bertz CT molecular complexity index is 1170. The van der Waals surface area contributed by atoms with E-state index in [-0.39, 0.29) is 17.6 Å². The molecule has 32 heavy (non-hydrogen) atoms. The average Bonchev–Trinajstić information content (AvgIpc) is 2.75. The van der Waals surface area contributed by atoms with E-state index in [1.165, 1.54) is 11.8 Å². The molecule has 0 saturated heterocycles. The van der Waals surface area contributed by atoms with Crippen molar-refractivity contribution < 1.29 is 9.53 Å². The molecule has 0 spiro atoms. The fraction of sp³-hybridized carbons (Fsp3) is 0.348. The van der Waals surface area contributed by atoms with E-state index in [1.807, 2.05) is 26.0 Å². The van der Waals surface area contributed by atoms with Gasteiger partial charge in [0.25, 0.3) is 5.56 Å². The molecule has 3 aromatic rings. The van der Waals surface area contributed by atoms with Crippen LogP contribution in [0.25, 0.3) is 10.9 Å². The predicted octanol–water partition coefficient (Wildman–Crippen LogP) is 5.64. The van der Waals surface area contributed by atoms with Crippen LogP contribution in [0.4, 0.5) is 5.69 Å². The number of amides is 1. The Labute approximate surface area is 201 Å². The van der Waals surface area contributed by atoms with Crippen LogP contribution in [0.5, 0.6) is 0 Å². The molecule has 2 aromatic carbocycles. The first-order chi connectivity index (χ1) is 15.3. The maximum absolute atomic E-state index is 13.1. The van der Waals surface area contributed by atoms with Gasteiger partial charge in [0, 0.05) is 18.2 Å². The summed E-state index contributed by atoms with van der Waals surface area (Å²) >= 11 is 13.4. The van der Waals surface area contributed by atoms with Crippen LogP contribution in [0.15, 0.2) is 52.4 Å². The number of nitrogens with one attached hydrogen (secondary N) is 1. The standard InChI is InChI=1S/C23H25Cl2N3O3S/c1-14(2)31-12-6-11-28-22(30)17-7-4-5-8-19(17)27-23(28)32-15(3)21(29)26-20-13-16(24)9-10-18(20)25/h4-5,7-10,13-15H,6,11-12H2,1-3H3,(H,26,29)/t15-/m0/s1. The fourth-order valence-electron chi connectivity index (χ4n) is 3.02. The number of rotatable bonds is 9. The van der Waals surface area contributed by atoms with Crippen LogP contribution in [0.3, 0.4) is 0 Å². The zero-order valence-electron chi connectivity index (χ0n) is 18.1. The van der Waals surface area contributed by atoms with Gasteiger partial charge in [0.1, 0.15) is 0 Å². The molecule has 0 radical (unpaired) electrons. The highest BCUT2D eigenvalue weighted by atomic mass is 35.5. The third-order valence-electron chi connectivity index (χ3n) is 4.64. The molecule has 1 heterocycles. The van der Waals surface area contributed by atoms with Crippen LogP contribution < -0.4 is 10.9 Å². The Hall–Kier alpha value is -2.06. The van der Waals surface area contributed by atoms with Crippen molar-refractivity contribution in [2.24, 2.45) is 0 Å². The molecular formula is C23H25Cl2N3O3S. The van der Waals surface area contributed by atoms with Crippen molar-refractivity contribution in [3.05, 3.63) is 62.9 Å². The minimum absolute atomic E-state index is 0.123. The van der Waals surface area contributed by atoms with Gasteiger partial charge in [-0.25, -0.2) is 4.98 Å². The Morgan fingerprint density at radius 3 is 2.69 bits per heavy atom. The zero-order valence-corrected chi connectivity index (χ0v) is 20.4. The molecular weight excluding hydrogens is 469 g/mol. The fourth-order valence-corrected chi connectivity index (χ4v) is 4.29. The number of halogens is 2. The second-order valence-electron chi connectivity index (χ2n) is 7.51. The Balaban J connectivity index is 1.83. The first kappa shape index (κ1) is 24.6. The molecule has 0 saturated carbocycles. The number of hydrogen-bond acceptors (Lipinski definition) is 5. The molecule has 9 heteroatoms. The van der Waals surface area contributed by atoms with E-state index in [0.29, 0.717) is 51.4 Å². The summed E-state index contributed by atoms with van der Waals surface area (Å²) in [6.07, 6.45) is 0.780. The molecule has 0 bridgehead atoms. The molecule has 0 aliphatic heterocycles. The summed E-state index contributed by atoms with van der Waals surface area (Å²) in [6, 6.07) is 12.1. The minimum atomic E-state index is -0.531. The van der Waals surface area contributed by atoms with Gasteiger partial charge >= 0.3 is 0 Å². The maximum atomic E-state index is 13.1. The molecule has 0 unspecified atom stereocenters. The zero-order chi connectivity index (χ0) is 23.3. The number of fused-ring (bicyclic) bond motifs is 1. The molecule has 1 amide bonds. The topological polar surface area (TPSA) is 73.2 Å². The first-order valence-corrected chi connectivity index (χ1v) is 11.9. The minimum Gasteiger partial charge on any atom is -0.379 e. The largest absolute Gasteiger partial charge is 0.379 e. The van der Waals surface area contributed by atoms with Crippen molar-refractivity contribution in [1.82, 2.24) is 9.55 Å². The second-order valence-corrected chi connectivity index (χ2v) is 9.67. The Morgan fingerprint density at radius 1 is 1.19 bits per heavy atom. The Kier molecular flexibility index (Phi) is 8.59. The lowest BCUT2D eigenvalue weighted by Gasteiger charge is -2.17. The van der Waals surface area contributed by atoms with E-state index in [2.05, 4.69) is 10.3 Å². The lowest BCUT2D eigenvalue weighted by molar-refractivity contribution is -0.115. The molecule has 1 N–H and O–H groups in total. The number of aromatic nitrogens is 2. The van der Waals surface area contributed by atoms with Crippen LogP contribution in [-0.2, 0) is 16.1 Å². The molecule has 1 atom stereocenters. The van der Waals surface area contributed by atoms with Crippen molar-refractivity contribution >= 4 is 57.5 Å². The number of nitrogens with zero attached hydrogens (tertiary/aromatic N) is 2. The van der Waals surface area contributed by atoms with Crippen LogP contribution in [0.1, 0.15) is 27.2 Å². The summed E-state index contributed by atoms with van der Waals surface area (Å²) in [4.78, 5) is 30.6. The predicted molar refractivity (Wildman–Crippen MR) is 132 cm³/mol. The van der Waals surface area contributed by atoms with Crippen LogP contribution in [-0.4, -0.2) is 33.4 Å². The molecule has 3 rings (SSSR count). The van der Waals surface area contributed by atoms with E-state index in [0.717, 1.165) is 0 Å². The number of benzene rings is 2. The van der Waals surface area contributed by atoms with E-state index in [1.54, 1.807) is 41.8 Å². The van der Waals surface area contributed by atoms with Gasteiger partial charge in [0.15, 0.2) is 5.16 Å². The van der Waals surface area contributed by atoms with Gasteiger partial charge in [-0.1, -0.05) is 47.1 Å². The van der Waals surface area contributed by atoms with Crippen molar-refractivity contribution in [2.45, 2.75) is 50.2 Å². The number of para-hydroxylation sites is 1. The highest BCUT2D eigenvalue weighted by molar-refractivity contribution is 8.00. The highest BCUT2D eigenvalue weighted by Gasteiger charge is 2.20. The van der Waals surface area contributed by atoms with Gasteiger partial charge in [-0.05, 0) is 57.5 Å². The normalized spacial score (nSPS) is 12.3. The second kappa shape index (κ2) is 11.2. The smallest absolute Gasteiger partial charge is 0.262 e. The summed E-state index contributed by atoms with van der Waals surface area (Å²) < 4.78 is 7.23. The molecule has 0 aliphatic carbocycles. The summed E-state index contributed by atoms with van der Waals surface area (Å²) in [5.74, 6) is -0.267. The number of hydrogen-bond donors (Lipinski definition) is 1. The van der Waals surface area contributed by atoms with Crippen LogP contribution in [0, 0.1) is 0 Å². The van der Waals surface area contributed by atoms with Gasteiger partial charge in [-0.2, -0.15) is 0 Å². The van der Waals surface area contributed by atoms with E-state index >= 15 is 0 Å².